The zero-order valence-corrected chi connectivity index (χ0v) is 21.5. The molecule has 180 valence electrons. The third-order valence-electron chi connectivity index (χ3n) is 6.71. The fourth-order valence-corrected chi connectivity index (χ4v) is 5.58. The van der Waals surface area contributed by atoms with Crippen LogP contribution in [-0.4, -0.2) is 29.2 Å². The van der Waals surface area contributed by atoms with Gasteiger partial charge in [0.1, 0.15) is 0 Å². The molecule has 4 unspecified atom stereocenters. The number of nitrogens with one attached hydrogen (secondary N) is 1. The van der Waals surface area contributed by atoms with Crippen LogP contribution in [0.15, 0.2) is 84.9 Å². The summed E-state index contributed by atoms with van der Waals surface area (Å²) >= 11 is 0. The van der Waals surface area contributed by atoms with E-state index in [4.69, 9.17) is 0 Å². The number of amides is 1. The average Bonchev–Trinajstić information content (AvgIpc) is 2.88. The first-order valence-electron chi connectivity index (χ1n) is 12.4. The lowest BCUT2D eigenvalue weighted by atomic mass is 9.96. The van der Waals surface area contributed by atoms with Crippen LogP contribution in [0.5, 0.6) is 0 Å². The Morgan fingerprint density at radius 2 is 1.44 bits per heavy atom. The molecule has 0 aliphatic rings. The van der Waals surface area contributed by atoms with Crippen molar-refractivity contribution >= 4 is 14.1 Å². The molecule has 0 bridgehead atoms. The molecular formula is C30H38NO2P. The lowest BCUT2D eigenvalue weighted by molar-refractivity contribution is -0.125. The summed E-state index contributed by atoms with van der Waals surface area (Å²) in [5.74, 6) is 0.241. The summed E-state index contributed by atoms with van der Waals surface area (Å²) in [5, 5.41) is 3.23. The van der Waals surface area contributed by atoms with E-state index in [9.17, 15) is 9.69 Å². The van der Waals surface area contributed by atoms with Gasteiger partial charge in [0, 0.05) is 26.3 Å². The highest BCUT2D eigenvalue weighted by Crippen LogP contribution is 2.35. The van der Waals surface area contributed by atoms with Crippen molar-refractivity contribution in [3.05, 3.63) is 96.1 Å². The monoisotopic (exact) mass is 475 g/mol. The van der Waals surface area contributed by atoms with Crippen LogP contribution in [0.25, 0.3) is 11.1 Å². The largest absolute Gasteiger partial charge is 0.374 e. The zero-order valence-electron chi connectivity index (χ0n) is 20.7. The second-order valence-electron chi connectivity index (χ2n) is 9.30. The Labute approximate surface area is 206 Å². The summed E-state index contributed by atoms with van der Waals surface area (Å²) in [7, 11) is -1.22. The Bertz CT molecular complexity index is 991. The third kappa shape index (κ3) is 8.08. The molecule has 3 aromatic carbocycles. The van der Waals surface area contributed by atoms with Crippen molar-refractivity contribution in [2.45, 2.75) is 46.1 Å². The summed E-state index contributed by atoms with van der Waals surface area (Å²) < 4.78 is 0. The standard InChI is InChI=1S/C30H38NO2P/c1-4-23(2)24(3)31-30(32)29(22-34(33)20-19-25-11-7-5-8-12-25)21-26-15-17-28(18-16-26)27-13-9-6-10-14-27/h5-18,23-24,29,33H,4,19-22H2,1-3H3,(H,31,32). The van der Waals surface area contributed by atoms with Crippen molar-refractivity contribution in [2.24, 2.45) is 11.8 Å². The van der Waals surface area contributed by atoms with Crippen LogP contribution in [0, 0.1) is 11.8 Å². The first-order chi connectivity index (χ1) is 16.5. The molecular weight excluding hydrogens is 437 g/mol. The van der Waals surface area contributed by atoms with Crippen LogP contribution >= 0.6 is 8.15 Å². The maximum Gasteiger partial charge on any atom is 0.224 e. The van der Waals surface area contributed by atoms with Gasteiger partial charge < -0.3 is 10.2 Å². The Balaban J connectivity index is 1.68. The van der Waals surface area contributed by atoms with Crippen molar-refractivity contribution < 1.29 is 9.69 Å². The molecule has 0 fully saturated rings. The summed E-state index contributed by atoms with van der Waals surface area (Å²) in [6, 6.07) is 29.2. The molecule has 4 atom stereocenters. The molecule has 34 heavy (non-hydrogen) atoms. The predicted octanol–water partition coefficient (Wildman–Crippen LogP) is 6.70. The molecule has 3 nitrogen and oxygen atoms in total. The maximum atomic E-state index is 13.3. The van der Waals surface area contributed by atoms with E-state index in [0.29, 0.717) is 18.5 Å². The van der Waals surface area contributed by atoms with E-state index in [-0.39, 0.29) is 17.9 Å². The second-order valence-corrected chi connectivity index (χ2v) is 11.1. The molecule has 0 aromatic heterocycles. The van der Waals surface area contributed by atoms with Gasteiger partial charge in [0.15, 0.2) is 0 Å². The highest BCUT2D eigenvalue weighted by Gasteiger charge is 2.25. The van der Waals surface area contributed by atoms with Gasteiger partial charge in [0.05, 0.1) is 0 Å². The van der Waals surface area contributed by atoms with Crippen LogP contribution in [-0.2, 0) is 17.6 Å². The minimum absolute atomic E-state index is 0.0567. The van der Waals surface area contributed by atoms with E-state index < -0.39 is 8.15 Å². The Kier molecular flexibility index (Phi) is 10.3. The number of hydrogen-bond acceptors (Lipinski definition) is 2. The van der Waals surface area contributed by atoms with E-state index in [1.807, 2.05) is 36.4 Å². The van der Waals surface area contributed by atoms with Crippen LogP contribution < -0.4 is 5.32 Å². The first kappa shape index (κ1) is 26.1. The number of benzene rings is 3. The quantitative estimate of drug-likeness (QED) is 0.287. The number of aryl methyl sites for hydroxylation is 1. The van der Waals surface area contributed by atoms with Gasteiger partial charge in [-0.15, -0.1) is 0 Å². The zero-order chi connectivity index (χ0) is 24.3. The van der Waals surface area contributed by atoms with E-state index in [2.05, 4.69) is 74.6 Å². The van der Waals surface area contributed by atoms with Gasteiger partial charge in [-0.2, -0.15) is 0 Å². The number of hydrogen-bond donors (Lipinski definition) is 2. The van der Waals surface area contributed by atoms with Gasteiger partial charge in [0.2, 0.25) is 5.91 Å². The molecule has 4 heteroatoms. The van der Waals surface area contributed by atoms with Crippen LogP contribution in [0.3, 0.4) is 0 Å². The molecule has 1 amide bonds. The average molecular weight is 476 g/mol. The fraction of sp³-hybridized carbons (Fsp3) is 0.367. The first-order valence-corrected chi connectivity index (χ1v) is 14.0. The predicted molar refractivity (Wildman–Crippen MR) is 145 cm³/mol. The van der Waals surface area contributed by atoms with E-state index in [1.54, 1.807) is 0 Å². The molecule has 3 rings (SSSR count). The Morgan fingerprint density at radius 1 is 0.853 bits per heavy atom. The molecule has 0 heterocycles. The SMILES string of the molecule is CCC(C)C(C)NC(=O)C(Cc1ccc(-c2ccccc2)cc1)CP(O)CCc1ccccc1. The van der Waals surface area contributed by atoms with E-state index in [1.165, 1.54) is 16.7 Å². The highest BCUT2D eigenvalue weighted by molar-refractivity contribution is 7.51. The van der Waals surface area contributed by atoms with Gasteiger partial charge in [-0.3, -0.25) is 4.79 Å². The highest BCUT2D eigenvalue weighted by atomic mass is 31.1. The van der Waals surface area contributed by atoms with Gasteiger partial charge in [-0.05, 0) is 54.1 Å². The molecule has 0 aliphatic carbocycles. The molecule has 2 N–H and O–H groups in total. The number of carbonyl (C=O) groups is 1. The Hall–Kier alpha value is -2.48. The topological polar surface area (TPSA) is 49.3 Å². The van der Waals surface area contributed by atoms with Crippen molar-refractivity contribution in [3.8, 4) is 11.1 Å². The van der Waals surface area contributed by atoms with Gasteiger partial charge in [-0.1, -0.05) is 105 Å². The van der Waals surface area contributed by atoms with Crippen LogP contribution in [0.4, 0.5) is 0 Å². The van der Waals surface area contributed by atoms with Gasteiger partial charge in [-0.25, -0.2) is 0 Å². The lowest BCUT2D eigenvalue weighted by Crippen LogP contribution is -2.42. The van der Waals surface area contributed by atoms with Crippen LogP contribution in [0.1, 0.15) is 38.3 Å². The summed E-state index contributed by atoms with van der Waals surface area (Å²) in [5.41, 5.74) is 4.71. The van der Waals surface area contributed by atoms with Crippen molar-refractivity contribution in [3.63, 3.8) is 0 Å². The minimum Gasteiger partial charge on any atom is -0.374 e. The molecule has 3 aromatic rings. The smallest absolute Gasteiger partial charge is 0.224 e. The number of rotatable bonds is 12. The van der Waals surface area contributed by atoms with E-state index in [0.717, 1.165) is 24.6 Å². The number of carbonyl (C=O) groups excluding carboxylic acids is 1. The molecule has 0 saturated heterocycles. The maximum absolute atomic E-state index is 13.3. The molecule has 0 aliphatic heterocycles. The van der Waals surface area contributed by atoms with Crippen LogP contribution in [0.2, 0.25) is 0 Å². The second kappa shape index (κ2) is 13.4. The molecule has 0 saturated carbocycles. The summed E-state index contributed by atoms with van der Waals surface area (Å²) in [6.07, 6.45) is 3.75. The molecule has 0 spiro atoms. The van der Waals surface area contributed by atoms with Crippen molar-refractivity contribution in [1.82, 2.24) is 5.32 Å². The molecule has 0 radical (unpaired) electrons. The minimum atomic E-state index is -1.22. The van der Waals surface area contributed by atoms with Crippen molar-refractivity contribution in [2.75, 3.05) is 12.3 Å². The lowest BCUT2D eigenvalue weighted by Gasteiger charge is -2.25. The van der Waals surface area contributed by atoms with Gasteiger partial charge in [0.25, 0.3) is 0 Å². The van der Waals surface area contributed by atoms with E-state index >= 15 is 0 Å². The van der Waals surface area contributed by atoms with Gasteiger partial charge >= 0.3 is 0 Å². The summed E-state index contributed by atoms with van der Waals surface area (Å²) in [4.78, 5) is 24.1. The normalized spacial score (nSPS) is 14.7. The summed E-state index contributed by atoms with van der Waals surface area (Å²) in [6.45, 7) is 6.39. The van der Waals surface area contributed by atoms with Crippen molar-refractivity contribution in [1.29, 1.82) is 0 Å². The fourth-order valence-electron chi connectivity index (χ4n) is 4.08. The third-order valence-corrected chi connectivity index (χ3v) is 8.32. The Morgan fingerprint density at radius 3 is 2.06 bits per heavy atom.